The lowest BCUT2D eigenvalue weighted by molar-refractivity contribution is -0.142. The molecule has 1 aromatic carbocycles. The minimum absolute atomic E-state index is 0.0242. The Labute approximate surface area is 184 Å². The van der Waals surface area contributed by atoms with E-state index >= 15 is 0 Å². The van der Waals surface area contributed by atoms with Crippen molar-refractivity contribution in [2.45, 2.75) is 52.6 Å². The van der Waals surface area contributed by atoms with Crippen molar-refractivity contribution in [2.24, 2.45) is 0 Å². The number of esters is 1. The van der Waals surface area contributed by atoms with E-state index < -0.39 is 0 Å². The summed E-state index contributed by atoms with van der Waals surface area (Å²) in [5, 5.41) is 3.46. The Bertz CT molecular complexity index is 916. The van der Waals surface area contributed by atoms with Crippen LogP contribution in [0.2, 0.25) is 0 Å². The summed E-state index contributed by atoms with van der Waals surface area (Å²) in [4.78, 5) is 25.9. The third-order valence-corrected chi connectivity index (χ3v) is 5.32. The number of furan rings is 1. The molecule has 1 N–H and O–H groups in total. The predicted molar refractivity (Wildman–Crippen MR) is 122 cm³/mol. The number of hydrogen-bond acceptors (Lipinski definition) is 5. The summed E-state index contributed by atoms with van der Waals surface area (Å²) in [6.07, 6.45) is 8.03. The van der Waals surface area contributed by atoms with E-state index in [9.17, 15) is 9.59 Å². The minimum Gasteiger partial charge on any atom is -0.458 e. The number of nitrogens with one attached hydrogen (secondary N) is 1. The summed E-state index contributed by atoms with van der Waals surface area (Å²) in [6.45, 7) is 6.02. The highest BCUT2D eigenvalue weighted by atomic mass is 16.5. The number of benzene rings is 1. The number of anilines is 1. The van der Waals surface area contributed by atoms with Gasteiger partial charge in [0.25, 0.3) is 5.91 Å². The fourth-order valence-corrected chi connectivity index (χ4v) is 3.70. The first-order chi connectivity index (χ1) is 15.1. The Morgan fingerprint density at radius 3 is 2.71 bits per heavy atom. The molecule has 6 nitrogen and oxygen atoms in total. The van der Waals surface area contributed by atoms with Gasteiger partial charge in [-0.15, -0.1) is 0 Å². The fraction of sp³-hybridized carbons (Fsp3) is 0.440. The van der Waals surface area contributed by atoms with Gasteiger partial charge in [0, 0.05) is 25.6 Å². The second kappa shape index (κ2) is 11.5. The molecule has 2 aromatic rings. The molecule has 0 saturated carbocycles. The molecule has 0 spiro atoms. The van der Waals surface area contributed by atoms with Crippen LogP contribution in [0.3, 0.4) is 0 Å². The molecule has 1 aliphatic heterocycles. The molecule has 2 heterocycles. The molecular weight excluding hydrogens is 392 g/mol. The van der Waals surface area contributed by atoms with Gasteiger partial charge in [-0.05, 0) is 37.2 Å². The number of carbonyl (C=O) groups is 2. The Balaban J connectivity index is 1.61. The van der Waals surface area contributed by atoms with Gasteiger partial charge in [0.05, 0.1) is 11.3 Å². The van der Waals surface area contributed by atoms with Crippen LogP contribution in [0.5, 0.6) is 0 Å². The average Bonchev–Trinajstić information content (AvgIpc) is 3.32. The predicted octanol–water partition coefficient (Wildman–Crippen LogP) is 4.79. The lowest BCUT2D eigenvalue weighted by atomic mass is 10.1. The van der Waals surface area contributed by atoms with Crippen molar-refractivity contribution < 1.29 is 18.7 Å². The van der Waals surface area contributed by atoms with E-state index in [0.29, 0.717) is 23.6 Å². The number of rotatable bonds is 12. The van der Waals surface area contributed by atoms with Crippen LogP contribution in [0.1, 0.15) is 63.0 Å². The Morgan fingerprint density at radius 2 is 1.90 bits per heavy atom. The zero-order chi connectivity index (χ0) is 22.1. The number of amides is 1. The Hall–Kier alpha value is -2.86. The summed E-state index contributed by atoms with van der Waals surface area (Å²) in [5.74, 6) is 0.721. The number of hydrogen-bond donors (Lipinski definition) is 1. The number of para-hydroxylation sites is 1. The van der Waals surface area contributed by atoms with Gasteiger partial charge >= 0.3 is 5.97 Å². The summed E-state index contributed by atoms with van der Waals surface area (Å²) < 4.78 is 10.7. The van der Waals surface area contributed by atoms with Crippen molar-refractivity contribution >= 4 is 29.2 Å². The first kappa shape index (κ1) is 22.8. The van der Waals surface area contributed by atoms with Gasteiger partial charge in [0.2, 0.25) is 0 Å². The largest absolute Gasteiger partial charge is 0.458 e. The second-order valence-electron chi connectivity index (χ2n) is 7.78. The highest BCUT2D eigenvalue weighted by molar-refractivity contribution is 6.35. The number of ether oxygens (including phenoxy) is 1. The third kappa shape index (κ3) is 6.31. The average molecular weight is 425 g/mol. The topological polar surface area (TPSA) is 71.8 Å². The number of fused-ring (bicyclic) bond motifs is 1. The van der Waals surface area contributed by atoms with Crippen molar-refractivity contribution in [3.63, 3.8) is 0 Å². The van der Waals surface area contributed by atoms with E-state index in [1.807, 2.05) is 29.2 Å². The van der Waals surface area contributed by atoms with Crippen LogP contribution in [-0.4, -0.2) is 31.5 Å². The van der Waals surface area contributed by atoms with Crippen LogP contribution in [0.15, 0.2) is 40.8 Å². The van der Waals surface area contributed by atoms with Crippen molar-refractivity contribution in [1.82, 2.24) is 5.32 Å². The molecule has 0 bridgehead atoms. The number of nitrogens with zero attached hydrogens (tertiary/aromatic N) is 1. The van der Waals surface area contributed by atoms with Gasteiger partial charge in [-0.2, -0.15) is 0 Å². The van der Waals surface area contributed by atoms with Gasteiger partial charge in [-0.1, -0.05) is 50.8 Å². The molecule has 0 unspecified atom stereocenters. The maximum Gasteiger partial charge on any atom is 0.303 e. The van der Waals surface area contributed by atoms with Crippen LogP contribution in [0.4, 0.5) is 5.69 Å². The monoisotopic (exact) mass is 424 g/mol. The molecular formula is C25H32N2O4. The molecule has 1 amide bonds. The van der Waals surface area contributed by atoms with E-state index in [1.165, 1.54) is 39.0 Å². The maximum atomic E-state index is 13.1. The van der Waals surface area contributed by atoms with Gasteiger partial charge in [-0.25, -0.2) is 0 Å². The van der Waals surface area contributed by atoms with Gasteiger partial charge in [0.15, 0.2) is 0 Å². The summed E-state index contributed by atoms with van der Waals surface area (Å²) >= 11 is 0. The lowest BCUT2D eigenvalue weighted by Gasteiger charge is -2.17. The van der Waals surface area contributed by atoms with Crippen molar-refractivity contribution in [3.05, 3.63) is 53.5 Å². The summed E-state index contributed by atoms with van der Waals surface area (Å²) in [5.41, 5.74) is 2.45. The smallest absolute Gasteiger partial charge is 0.303 e. The SMILES string of the molecule is CCCCCCCNCCN1C(=O)/C(=C\c2ccc(COC(C)=O)o2)c2ccccc21. The highest BCUT2D eigenvalue weighted by Gasteiger charge is 2.31. The Morgan fingerprint density at radius 1 is 1.10 bits per heavy atom. The second-order valence-corrected chi connectivity index (χ2v) is 7.78. The van der Waals surface area contributed by atoms with Crippen LogP contribution in [0, 0.1) is 0 Å². The molecule has 0 saturated heterocycles. The molecule has 3 rings (SSSR count). The molecule has 31 heavy (non-hydrogen) atoms. The van der Waals surface area contributed by atoms with Crippen molar-refractivity contribution in [1.29, 1.82) is 0 Å². The van der Waals surface area contributed by atoms with Gasteiger partial charge in [0.1, 0.15) is 18.1 Å². The van der Waals surface area contributed by atoms with Crippen LogP contribution in [0.25, 0.3) is 11.6 Å². The summed E-state index contributed by atoms with van der Waals surface area (Å²) in [7, 11) is 0. The van der Waals surface area contributed by atoms with E-state index in [0.717, 1.165) is 24.3 Å². The Kier molecular flexibility index (Phi) is 8.47. The zero-order valence-electron chi connectivity index (χ0n) is 18.5. The van der Waals surface area contributed by atoms with Crippen LogP contribution >= 0.6 is 0 Å². The molecule has 0 atom stereocenters. The third-order valence-electron chi connectivity index (χ3n) is 5.32. The zero-order valence-corrected chi connectivity index (χ0v) is 18.5. The van der Waals surface area contributed by atoms with Gasteiger partial charge in [-0.3, -0.25) is 9.59 Å². The standard InChI is InChI=1S/C25H32N2O4/c1-3-4-5-6-9-14-26-15-16-27-24-11-8-7-10-22(24)23(25(27)29)17-20-12-13-21(31-20)18-30-19(2)28/h7-8,10-13,17,26H,3-6,9,14-16,18H2,1-2H3/b23-17-. The molecule has 6 heteroatoms. The highest BCUT2D eigenvalue weighted by Crippen LogP contribution is 2.37. The fourth-order valence-electron chi connectivity index (χ4n) is 3.70. The first-order valence-corrected chi connectivity index (χ1v) is 11.2. The van der Waals surface area contributed by atoms with E-state index in [-0.39, 0.29) is 18.5 Å². The molecule has 166 valence electrons. The van der Waals surface area contributed by atoms with E-state index in [1.54, 1.807) is 18.2 Å². The number of carbonyl (C=O) groups excluding carboxylic acids is 2. The minimum atomic E-state index is -0.360. The molecule has 1 aromatic heterocycles. The lowest BCUT2D eigenvalue weighted by Crippen LogP contribution is -2.34. The normalized spacial score (nSPS) is 14.3. The quantitative estimate of drug-likeness (QED) is 0.301. The van der Waals surface area contributed by atoms with E-state index in [4.69, 9.17) is 9.15 Å². The molecule has 0 aliphatic carbocycles. The molecule has 0 radical (unpaired) electrons. The van der Waals surface area contributed by atoms with Crippen molar-refractivity contribution in [3.8, 4) is 0 Å². The summed E-state index contributed by atoms with van der Waals surface area (Å²) in [6, 6.07) is 11.4. The van der Waals surface area contributed by atoms with Crippen molar-refractivity contribution in [2.75, 3.05) is 24.5 Å². The van der Waals surface area contributed by atoms with Crippen LogP contribution < -0.4 is 10.2 Å². The van der Waals surface area contributed by atoms with Crippen LogP contribution in [-0.2, 0) is 20.9 Å². The van der Waals surface area contributed by atoms with E-state index in [2.05, 4.69) is 12.2 Å². The molecule has 0 fully saturated rings. The number of unbranched alkanes of at least 4 members (excludes halogenated alkanes) is 4. The maximum absolute atomic E-state index is 13.1. The molecule has 1 aliphatic rings. The van der Waals surface area contributed by atoms with Gasteiger partial charge < -0.3 is 19.4 Å². The first-order valence-electron chi connectivity index (χ1n) is 11.2.